The highest BCUT2D eigenvalue weighted by Gasteiger charge is 2.39. The third-order valence-corrected chi connectivity index (χ3v) is 4.89. The van der Waals surface area contributed by atoms with Crippen molar-refractivity contribution in [1.82, 2.24) is 4.90 Å². The zero-order valence-electron chi connectivity index (χ0n) is 12.9. The molecule has 1 aromatic carbocycles. The number of benzene rings is 1. The maximum Gasteiger partial charge on any atom is 0.266 e. The van der Waals surface area contributed by atoms with Gasteiger partial charge in [0.1, 0.15) is 6.61 Å². The summed E-state index contributed by atoms with van der Waals surface area (Å²) in [5, 5.41) is 0.928. The van der Waals surface area contributed by atoms with E-state index in [1.165, 1.54) is 0 Å². The molecule has 22 heavy (non-hydrogen) atoms. The summed E-state index contributed by atoms with van der Waals surface area (Å²) in [7, 11) is 0. The van der Waals surface area contributed by atoms with Crippen molar-refractivity contribution in [3.8, 4) is 0 Å². The zero-order valence-corrected chi connectivity index (χ0v) is 15.3. The molecule has 3 nitrogen and oxygen atoms in total. The Morgan fingerprint density at radius 2 is 2.09 bits per heavy atom. The Labute approximate surface area is 147 Å². The van der Waals surface area contributed by atoms with E-state index in [9.17, 15) is 4.79 Å². The van der Waals surface area contributed by atoms with E-state index in [0.29, 0.717) is 11.6 Å². The highest BCUT2D eigenvalue weighted by Crippen LogP contribution is 2.34. The summed E-state index contributed by atoms with van der Waals surface area (Å²) in [6, 6.07) is 7.38. The second-order valence-electron chi connectivity index (χ2n) is 6.11. The van der Waals surface area contributed by atoms with Crippen LogP contribution in [0.2, 0.25) is 5.02 Å². The van der Waals surface area contributed by atoms with Crippen molar-refractivity contribution in [1.29, 1.82) is 0 Å². The Balaban J connectivity index is 2.16. The number of rotatable bonds is 4. The van der Waals surface area contributed by atoms with Crippen molar-refractivity contribution in [2.45, 2.75) is 38.0 Å². The van der Waals surface area contributed by atoms with E-state index in [0.717, 1.165) is 5.56 Å². The Morgan fingerprint density at radius 3 is 2.64 bits per heavy atom. The fourth-order valence-electron chi connectivity index (χ4n) is 2.50. The molecular weight excluding hydrogens is 338 g/mol. The highest BCUT2D eigenvalue weighted by atomic mass is 35.5. The predicted molar refractivity (Wildman–Crippen MR) is 96.4 cm³/mol. The number of nitrogens with zero attached hydrogens (tertiary/aromatic N) is 1. The molecule has 1 saturated heterocycles. The molecule has 0 bridgehead atoms. The van der Waals surface area contributed by atoms with Crippen molar-refractivity contribution in [3.05, 3.63) is 34.9 Å². The number of carbonyl (C=O) groups is 1. The van der Waals surface area contributed by atoms with Crippen LogP contribution in [0.15, 0.2) is 24.3 Å². The van der Waals surface area contributed by atoms with Gasteiger partial charge < -0.3 is 4.74 Å². The lowest BCUT2D eigenvalue weighted by atomic mass is 9.95. The van der Waals surface area contributed by atoms with Crippen molar-refractivity contribution in [2.75, 3.05) is 6.61 Å². The zero-order chi connectivity index (χ0) is 16.5. The molecule has 1 aromatic rings. The number of carbonyl (C=O) groups excluding carboxylic acids is 1. The quantitative estimate of drug-likeness (QED) is 0.651. The summed E-state index contributed by atoms with van der Waals surface area (Å²) in [5.74, 6) is 0.222. The Kier molecular flexibility index (Phi) is 5.41. The largest absolute Gasteiger partial charge is 0.468 e. The van der Waals surface area contributed by atoms with Gasteiger partial charge in [-0.2, -0.15) is 12.6 Å². The van der Waals surface area contributed by atoms with Crippen LogP contribution in [0, 0.1) is 5.92 Å². The third-order valence-electron chi connectivity index (χ3n) is 3.91. The van der Waals surface area contributed by atoms with Gasteiger partial charge in [-0.05, 0) is 42.8 Å². The van der Waals surface area contributed by atoms with Crippen molar-refractivity contribution >= 4 is 47.5 Å². The van der Waals surface area contributed by atoms with Crippen molar-refractivity contribution in [3.63, 3.8) is 0 Å². The van der Waals surface area contributed by atoms with Gasteiger partial charge in [-0.15, -0.1) is 0 Å². The van der Waals surface area contributed by atoms with E-state index in [-0.39, 0.29) is 29.5 Å². The summed E-state index contributed by atoms with van der Waals surface area (Å²) in [6.45, 7) is 6.50. The van der Waals surface area contributed by atoms with Gasteiger partial charge in [0.2, 0.25) is 5.91 Å². The molecule has 1 aliphatic heterocycles. The molecule has 1 heterocycles. The summed E-state index contributed by atoms with van der Waals surface area (Å²) in [4.78, 5) is 14.3. The number of thiocarbonyl (C=S) groups is 1. The minimum Gasteiger partial charge on any atom is -0.468 e. The molecule has 1 fully saturated rings. The average Bonchev–Trinajstić information content (AvgIpc) is 2.81. The van der Waals surface area contributed by atoms with Crippen LogP contribution in [-0.2, 0) is 14.3 Å². The van der Waals surface area contributed by atoms with Gasteiger partial charge >= 0.3 is 0 Å². The average molecular weight is 358 g/mol. The van der Waals surface area contributed by atoms with Crippen LogP contribution in [0.4, 0.5) is 0 Å². The second kappa shape index (κ2) is 6.77. The molecule has 0 unspecified atom stereocenters. The maximum absolute atomic E-state index is 12.7. The van der Waals surface area contributed by atoms with E-state index < -0.39 is 4.75 Å². The summed E-state index contributed by atoms with van der Waals surface area (Å²) in [6.07, 6.45) is 0.241. The lowest BCUT2D eigenvalue weighted by molar-refractivity contribution is -0.129. The number of hydrogen-bond acceptors (Lipinski definition) is 4. The SMILES string of the molecule is CC(C)[C@H]1COC(=S)N1C(=O)C[C@](C)(S)c1ccc(Cl)cc1. The van der Waals surface area contributed by atoms with Gasteiger partial charge in [0.25, 0.3) is 5.17 Å². The number of ether oxygens (including phenoxy) is 1. The molecule has 6 heteroatoms. The molecule has 0 N–H and O–H groups in total. The van der Waals surface area contributed by atoms with Crippen LogP contribution >= 0.6 is 36.4 Å². The van der Waals surface area contributed by atoms with Crippen LogP contribution in [0.25, 0.3) is 0 Å². The van der Waals surface area contributed by atoms with Gasteiger partial charge in [0, 0.05) is 16.2 Å². The van der Waals surface area contributed by atoms with Gasteiger partial charge in [-0.3, -0.25) is 9.69 Å². The number of hydrogen-bond donors (Lipinski definition) is 1. The molecule has 2 rings (SSSR count). The molecular formula is C16H20ClNO2S2. The van der Waals surface area contributed by atoms with E-state index in [2.05, 4.69) is 26.5 Å². The summed E-state index contributed by atoms with van der Waals surface area (Å²) in [5.41, 5.74) is 0.945. The normalized spacial score (nSPS) is 20.9. The van der Waals surface area contributed by atoms with Gasteiger partial charge in [-0.1, -0.05) is 37.6 Å². The number of halogens is 1. The smallest absolute Gasteiger partial charge is 0.266 e. The van der Waals surface area contributed by atoms with Gasteiger partial charge in [0.15, 0.2) is 0 Å². The van der Waals surface area contributed by atoms with Crippen LogP contribution < -0.4 is 0 Å². The molecule has 0 spiro atoms. The first kappa shape index (κ1) is 17.6. The summed E-state index contributed by atoms with van der Waals surface area (Å²) >= 11 is 15.8. The number of thiol groups is 1. The first-order valence-electron chi connectivity index (χ1n) is 7.19. The van der Waals surface area contributed by atoms with E-state index in [4.69, 9.17) is 28.6 Å². The number of amides is 1. The third kappa shape index (κ3) is 3.76. The fraction of sp³-hybridized carbons (Fsp3) is 0.500. The van der Waals surface area contributed by atoms with Crippen molar-refractivity contribution < 1.29 is 9.53 Å². The van der Waals surface area contributed by atoms with E-state index in [1.54, 1.807) is 17.0 Å². The molecule has 2 atom stereocenters. The lowest BCUT2D eigenvalue weighted by Gasteiger charge is -2.29. The van der Waals surface area contributed by atoms with Crippen molar-refractivity contribution in [2.24, 2.45) is 5.92 Å². The van der Waals surface area contributed by atoms with Gasteiger partial charge in [-0.25, -0.2) is 0 Å². The molecule has 120 valence electrons. The first-order chi connectivity index (χ1) is 10.2. The fourth-order valence-corrected chi connectivity index (χ4v) is 3.22. The predicted octanol–water partition coefficient (Wildman–Crippen LogP) is 4.04. The van der Waals surface area contributed by atoms with Gasteiger partial charge in [0.05, 0.1) is 6.04 Å². The Morgan fingerprint density at radius 1 is 1.50 bits per heavy atom. The molecule has 0 aromatic heterocycles. The standard InChI is InChI=1S/C16H20ClNO2S2/c1-10(2)13-9-20-15(21)18(13)14(19)8-16(3,22)11-4-6-12(17)7-5-11/h4-7,10,13,22H,8-9H2,1-3H3/t13-,16+/m1/s1. The highest BCUT2D eigenvalue weighted by molar-refractivity contribution is 7.81. The topological polar surface area (TPSA) is 29.5 Å². The minimum atomic E-state index is -0.596. The molecule has 1 aliphatic rings. The summed E-state index contributed by atoms with van der Waals surface area (Å²) < 4.78 is 4.79. The van der Waals surface area contributed by atoms with E-state index in [1.807, 2.05) is 19.1 Å². The Hall–Kier alpha value is -0.780. The second-order valence-corrected chi connectivity index (χ2v) is 7.88. The Bertz CT molecular complexity index is 572. The van der Waals surface area contributed by atoms with E-state index >= 15 is 0 Å². The molecule has 0 aliphatic carbocycles. The van der Waals surface area contributed by atoms with Crippen LogP contribution in [0.5, 0.6) is 0 Å². The molecule has 0 radical (unpaired) electrons. The first-order valence-corrected chi connectivity index (χ1v) is 8.43. The maximum atomic E-state index is 12.7. The molecule has 0 saturated carbocycles. The van der Waals surface area contributed by atoms with Crippen LogP contribution in [-0.4, -0.2) is 28.6 Å². The minimum absolute atomic E-state index is 0.00523. The van der Waals surface area contributed by atoms with Crippen LogP contribution in [0.3, 0.4) is 0 Å². The van der Waals surface area contributed by atoms with Crippen LogP contribution in [0.1, 0.15) is 32.8 Å². The monoisotopic (exact) mass is 357 g/mol. The lowest BCUT2D eigenvalue weighted by Crippen LogP contribution is -2.43. The molecule has 1 amide bonds.